The maximum absolute atomic E-state index is 12.6. The fourth-order valence-electron chi connectivity index (χ4n) is 3.31. The van der Waals surface area contributed by atoms with Crippen molar-refractivity contribution in [3.63, 3.8) is 0 Å². The molecule has 0 saturated carbocycles. The van der Waals surface area contributed by atoms with Gasteiger partial charge in [-0.05, 0) is 61.6 Å². The molecule has 0 aliphatic rings. The van der Waals surface area contributed by atoms with Crippen molar-refractivity contribution in [3.05, 3.63) is 69.6 Å². The van der Waals surface area contributed by atoms with Crippen LogP contribution in [0.2, 0.25) is 0 Å². The zero-order valence-corrected chi connectivity index (χ0v) is 19.3. The number of rotatable bonds is 7. The standard InChI is InChI=1S/C25H27NO4S/c1-6-18-8-11-20(12-9-18)30-14-21(27)26-24-23(25(28)29-5)22(17(4)31-24)19-10-7-15(2)16(3)13-19/h7-13H,6,14H2,1-5H3,(H,26,27). The van der Waals surface area contributed by atoms with E-state index in [9.17, 15) is 9.59 Å². The number of carbonyl (C=O) groups excluding carboxylic acids is 2. The van der Waals surface area contributed by atoms with Crippen LogP contribution in [0.3, 0.4) is 0 Å². The Morgan fingerprint density at radius 3 is 2.32 bits per heavy atom. The maximum atomic E-state index is 12.6. The molecule has 0 fully saturated rings. The minimum absolute atomic E-state index is 0.151. The molecule has 0 aliphatic heterocycles. The molecular weight excluding hydrogens is 410 g/mol. The number of methoxy groups -OCH3 is 1. The Bertz CT molecular complexity index is 1100. The number of aryl methyl sites for hydroxylation is 4. The highest BCUT2D eigenvalue weighted by atomic mass is 32.1. The maximum Gasteiger partial charge on any atom is 0.341 e. The molecular formula is C25H27NO4S. The van der Waals surface area contributed by atoms with Gasteiger partial charge in [-0.1, -0.05) is 37.3 Å². The smallest absolute Gasteiger partial charge is 0.341 e. The first-order valence-electron chi connectivity index (χ1n) is 10.1. The molecule has 31 heavy (non-hydrogen) atoms. The van der Waals surface area contributed by atoms with Crippen molar-refractivity contribution >= 4 is 28.2 Å². The molecule has 0 aliphatic carbocycles. The molecule has 0 bridgehead atoms. The molecule has 0 radical (unpaired) electrons. The van der Waals surface area contributed by atoms with Gasteiger partial charge in [-0.2, -0.15) is 0 Å². The summed E-state index contributed by atoms with van der Waals surface area (Å²) >= 11 is 1.36. The molecule has 162 valence electrons. The summed E-state index contributed by atoms with van der Waals surface area (Å²) in [4.78, 5) is 26.1. The van der Waals surface area contributed by atoms with Crippen LogP contribution < -0.4 is 10.1 Å². The number of carbonyl (C=O) groups is 2. The first kappa shape index (κ1) is 22.6. The Morgan fingerprint density at radius 2 is 1.71 bits per heavy atom. The summed E-state index contributed by atoms with van der Waals surface area (Å²) in [5, 5.41) is 3.29. The van der Waals surface area contributed by atoms with Gasteiger partial charge in [-0.15, -0.1) is 11.3 Å². The number of amides is 1. The van der Waals surface area contributed by atoms with E-state index in [2.05, 4.69) is 12.2 Å². The van der Waals surface area contributed by atoms with E-state index in [0.717, 1.165) is 28.0 Å². The molecule has 1 amide bonds. The summed E-state index contributed by atoms with van der Waals surface area (Å²) < 4.78 is 10.6. The number of hydrogen-bond donors (Lipinski definition) is 1. The van der Waals surface area contributed by atoms with Crippen LogP contribution in [0, 0.1) is 20.8 Å². The summed E-state index contributed by atoms with van der Waals surface area (Å²) in [7, 11) is 1.34. The highest BCUT2D eigenvalue weighted by molar-refractivity contribution is 7.17. The van der Waals surface area contributed by atoms with Crippen LogP contribution in [0.1, 0.15) is 38.8 Å². The van der Waals surface area contributed by atoms with Gasteiger partial charge in [0.25, 0.3) is 5.91 Å². The summed E-state index contributed by atoms with van der Waals surface area (Å²) in [6.45, 7) is 7.94. The molecule has 0 saturated heterocycles. The number of hydrogen-bond acceptors (Lipinski definition) is 5. The van der Waals surface area contributed by atoms with Gasteiger partial charge >= 0.3 is 5.97 Å². The van der Waals surface area contributed by atoms with Crippen LogP contribution in [-0.2, 0) is 16.0 Å². The van der Waals surface area contributed by atoms with Crippen LogP contribution in [0.5, 0.6) is 5.75 Å². The fraction of sp³-hybridized carbons (Fsp3) is 0.280. The van der Waals surface area contributed by atoms with Gasteiger partial charge in [0, 0.05) is 10.4 Å². The second kappa shape index (κ2) is 9.79. The van der Waals surface area contributed by atoms with Crippen LogP contribution >= 0.6 is 11.3 Å². The summed E-state index contributed by atoms with van der Waals surface area (Å²) in [6.07, 6.45) is 0.942. The number of nitrogens with one attached hydrogen (secondary N) is 1. The highest BCUT2D eigenvalue weighted by Crippen LogP contribution is 2.40. The van der Waals surface area contributed by atoms with E-state index in [1.54, 1.807) is 0 Å². The van der Waals surface area contributed by atoms with Crippen LogP contribution in [0.15, 0.2) is 42.5 Å². The van der Waals surface area contributed by atoms with E-state index in [1.807, 2.05) is 63.2 Å². The number of benzene rings is 2. The lowest BCUT2D eigenvalue weighted by atomic mass is 9.97. The van der Waals surface area contributed by atoms with Crippen LogP contribution in [0.4, 0.5) is 5.00 Å². The molecule has 1 N–H and O–H groups in total. The monoisotopic (exact) mass is 437 g/mol. The highest BCUT2D eigenvalue weighted by Gasteiger charge is 2.25. The number of thiophene rings is 1. The van der Waals surface area contributed by atoms with Crippen molar-refractivity contribution in [2.45, 2.75) is 34.1 Å². The lowest BCUT2D eigenvalue weighted by molar-refractivity contribution is -0.118. The van der Waals surface area contributed by atoms with E-state index in [0.29, 0.717) is 16.3 Å². The minimum Gasteiger partial charge on any atom is -0.484 e. The van der Waals surface area contributed by atoms with E-state index in [4.69, 9.17) is 9.47 Å². The minimum atomic E-state index is -0.482. The van der Waals surface area contributed by atoms with E-state index >= 15 is 0 Å². The Morgan fingerprint density at radius 1 is 1.00 bits per heavy atom. The molecule has 1 aromatic heterocycles. The Labute approximate surface area is 187 Å². The summed E-state index contributed by atoms with van der Waals surface area (Å²) in [5.41, 5.74) is 5.58. The van der Waals surface area contributed by atoms with E-state index in [-0.39, 0.29) is 12.5 Å². The second-order valence-electron chi connectivity index (χ2n) is 7.36. The molecule has 3 aromatic rings. The van der Waals surface area contributed by atoms with Crippen molar-refractivity contribution in [2.75, 3.05) is 19.0 Å². The molecule has 5 nitrogen and oxygen atoms in total. The van der Waals surface area contributed by atoms with Crippen molar-refractivity contribution in [3.8, 4) is 16.9 Å². The van der Waals surface area contributed by atoms with Gasteiger partial charge in [-0.3, -0.25) is 4.79 Å². The zero-order valence-electron chi connectivity index (χ0n) is 18.5. The number of anilines is 1. The van der Waals surface area contributed by atoms with E-state index in [1.165, 1.54) is 29.6 Å². The van der Waals surface area contributed by atoms with Gasteiger partial charge in [0.1, 0.15) is 16.3 Å². The molecule has 6 heteroatoms. The van der Waals surface area contributed by atoms with Crippen LogP contribution in [0.25, 0.3) is 11.1 Å². The van der Waals surface area contributed by atoms with Crippen LogP contribution in [-0.4, -0.2) is 25.6 Å². The molecule has 0 spiro atoms. The predicted octanol–water partition coefficient (Wildman–Crippen LogP) is 5.71. The largest absolute Gasteiger partial charge is 0.484 e. The Balaban J connectivity index is 1.83. The van der Waals surface area contributed by atoms with Gasteiger partial charge in [0.15, 0.2) is 6.61 Å². The quantitative estimate of drug-likeness (QED) is 0.481. The topological polar surface area (TPSA) is 64.6 Å². The number of esters is 1. The molecule has 0 unspecified atom stereocenters. The predicted molar refractivity (Wildman–Crippen MR) is 125 cm³/mol. The van der Waals surface area contributed by atoms with Gasteiger partial charge in [-0.25, -0.2) is 4.79 Å². The van der Waals surface area contributed by atoms with E-state index < -0.39 is 5.97 Å². The average molecular weight is 438 g/mol. The van der Waals surface area contributed by atoms with Gasteiger partial charge in [0.05, 0.1) is 7.11 Å². The third-order valence-corrected chi connectivity index (χ3v) is 6.24. The molecule has 1 heterocycles. The second-order valence-corrected chi connectivity index (χ2v) is 8.59. The molecule has 2 aromatic carbocycles. The third kappa shape index (κ3) is 5.14. The number of ether oxygens (including phenoxy) is 2. The lowest BCUT2D eigenvalue weighted by Gasteiger charge is -2.10. The first-order valence-corrected chi connectivity index (χ1v) is 11.0. The summed E-state index contributed by atoms with van der Waals surface area (Å²) in [5.74, 6) is -0.194. The normalized spacial score (nSPS) is 10.6. The SMILES string of the molecule is CCc1ccc(OCC(=O)Nc2sc(C)c(-c3ccc(C)c(C)c3)c2C(=O)OC)cc1. The molecule has 0 atom stereocenters. The third-order valence-electron chi connectivity index (χ3n) is 5.22. The molecule has 3 rings (SSSR count). The van der Waals surface area contributed by atoms with Gasteiger partial charge < -0.3 is 14.8 Å². The van der Waals surface area contributed by atoms with Crippen molar-refractivity contribution in [2.24, 2.45) is 0 Å². The van der Waals surface area contributed by atoms with Gasteiger partial charge in [0.2, 0.25) is 0 Å². The lowest BCUT2D eigenvalue weighted by Crippen LogP contribution is -2.21. The van der Waals surface area contributed by atoms with Crippen molar-refractivity contribution < 1.29 is 19.1 Å². The zero-order chi connectivity index (χ0) is 22.5. The summed E-state index contributed by atoms with van der Waals surface area (Å²) in [6, 6.07) is 13.7. The first-order chi connectivity index (χ1) is 14.8. The average Bonchev–Trinajstić information content (AvgIpc) is 3.09. The Hall–Kier alpha value is -3.12. The van der Waals surface area contributed by atoms with Crippen molar-refractivity contribution in [1.82, 2.24) is 0 Å². The van der Waals surface area contributed by atoms with Crippen molar-refractivity contribution in [1.29, 1.82) is 0 Å². The fourth-order valence-corrected chi connectivity index (χ4v) is 4.39. The Kier molecular flexibility index (Phi) is 7.13.